The van der Waals surface area contributed by atoms with Gasteiger partial charge in [-0.2, -0.15) is 4.31 Å². The molecule has 3 aliphatic rings. The molecule has 0 aliphatic carbocycles. The minimum atomic E-state index is -3.68. The Kier molecular flexibility index (Phi) is 8.67. The number of rotatable bonds is 8. The average molecular weight is 626 g/mol. The summed E-state index contributed by atoms with van der Waals surface area (Å²) in [4.78, 5) is 17.6. The van der Waals surface area contributed by atoms with Crippen LogP contribution in [0.4, 0.5) is 10.1 Å². The number of methoxy groups -OCH3 is 1. The van der Waals surface area contributed by atoms with E-state index in [0.29, 0.717) is 37.8 Å². The van der Waals surface area contributed by atoms with Gasteiger partial charge in [0.1, 0.15) is 11.6 Å². The highest BCUT2D eigenvalue weighted by Gasteiger charge is 2.43. The highest BCUT2D eigenvalue weighted by Crippen LogP contribution is 2.42. The molecule has 1 amide bonds. The molecule has 43 heavy (non-hydrogen) atoms. The quantitative estimate of drug-likeness (QED) is 0.307. The molecule has 3 saturated heterocycles. The van der Waals surface area contributed by atoms with Gasteiger partial charge in [0, 0.05) is 38.3 Å². The molecule has 10 heteroatoms. The van der Waals surface area contributed by atoms with Crippen molar-refractivity contribution in [1.82, 2.24) is 9.21 Å². The summed E-state index contributed by atoms with van der Waals surface area (Å²) in [5.74, 6) is 0.409. The third-order valence-corrected chi connectivity index (χ3v) is 11.5. The Morgan fingerprint density at radius 3 is 2.30 bits per heavy atom. The number of hydrogen-bond donors (Lipinski definition) is 0. The molecule has 0 spiro atoms. The van der Waals surface area contributed by atoms with E-state index in [2.05, 4.69) is 29.2 Å². The number of piperazine rings is 1. The van der Waals surface area contributed by atoms with Gasteiger partial charge in [-0.3, -0.25) is 4.79 Å². The minimum Gasteiger partial charge on any atom is -0.495 e. The molecule has 0 aromatic heterocycles. The summed E-state index contributed by atoms with van der Waals surface area (Å²) in [6, 6.07) is 19.4. The van der Waals surface area contributed by atoms with Crippen molar-refractivity contribution in [2.45, 2.75) is 55.5 Å². The second-order valence-corrected chi connectivity index (χ2v) is 14.2. The van der Waals surface area contributed by atoms with Gasteiger partial charge in [-0.25, -0.2) is 12.8 Å². The fraction of sp³-hybridized carbons (Fsp3) is 0.424. The fourth-order valence-electron chi connectivity index (χ4n) is 6.93. The number of nitrogens with zero attached hydrogens (tertiary/aromatic N) is 3. The van der Waals surface area contributed by atoms with Gasteiger partial charge in [0.25, 0.3) is 5.91 Å². The van der Waals surface area contributed by atoms with Crippen LogP contribution < -0.4 is 9.64 Å². The maximum absolute atomic E-state index is 13.8. The number of likely N-dealkylation sites (tertiary alicyclic amines) is 1. The number of hydrogen-bond acceptors (Lipinski definition) is 5. The number of sulfonamides is 1. The lowest BCUT2D eigenvalue weighted by Crippen LogP contribution is -2.55. The number of anilines is 1. The van der Waals surface area contributed by atoms with Crippen LogP contribution in [0.1, 0.15) is 48.0 Å². The van der Waals surface area contributed by atoms with Crippen LogP contribution in [-0.4, -0.2) is 68.9 Å². The normalized spacial score (nSPS) is 21.3. The molecular formula is C33H37ClFN3O4S. The fourth-order valence-corrected chi connectivity index (χ4v) is 8.67. The van der Waals surface area contributed by atoms with Gasteiger partial charge in [0.15, 0.2) is 0 Å². The van der Waals surface area contributed by atoms with Crippen LogP contribution in [0.3, 0.4) is 0 Å². The van der Waals surface area contributed by atoms with Crippen molar-refractivity contribution in [1.29, 1.82) is 0 Å². The molecule has 0 radical (unpaired) electrons. The Labute approximate surface area is 258 Å². The lowest BCUT2D eigenvalue weighted by molar-refractivity contribution is 0.0718. The molecule has 7 nitrogen and oxygen atoms in total. The van der Waals surface area contributed by atoms with E-state index in [-0.39, 0.29) is 33.5 Å². The largest absolute Gasteiger partial charge is 0.495 e. The maximum atomic E-state index is 13.8. The smallest absolute Gasteiger partial charge is 0.255 e. The Morgan fingerprint density at radius 2 is 1.65 bits per heavy atom. The number of carbonyl (C=O) groups is 1. The van der Waals surface area contributed by atoms with Crippen LogP contribution in [0.2, 0.25) is 5.02 Å². The van der Waals surface area contributed by atoms with Gasteiger partial charge in [-0.1, -0.05) is 41.9 Å². The van der Waals surface area contributed by atoms with Crippen molar-refractivity contribution in [3.8, 4) is 5.75 Å². The molecule has 3 heterocycles. The zero-order valence-corrected chi connectivity index (χ0v) is 25.9. The lowest BCUT2D eigenvalue weighted by Gasteiger charge is -2.43. The Hall–Kier alpha value is -3.14. The first-order valence-corrected chi connectivity index (χ1v) is 16.8. The minimum absolute atomic E-state index is 0.00543. The predicted octanol–water partition coefficient (Wildman–Crippen LogP) is 6.01. The van der Waals surface area contributed by atoms with Gasteiger partial charge in [0.05, 0.1) is 28.3 Å². The number of carbonyl (C=O) groups excluding carboxylic acids is 1. The molecule has 2 atom stereocenters. The first-order chi connectivity index (χ1) is 20.7. The van der Waals surface area contributed by atoms with Crippen molar-refractivity contribution in [2.24, 2.45) is 5.92 Å². The van der Waals surface area contributed by atoms with Gasteiger partial charge < -0.3 is 14.5 Å². The van der Waals surface area contributed by atoms with E-state index >= 15 is 0 Å². The SMILES string of the molecule is COc1ccc(S(=O)(=O)N2CCC(CCc3ccccc3)CC2)cc1N1C2CCC1CN(C(=O)c1ccc(F)cc1Cl)C2. The van der Waals surface area contributed by atoms with E-state index in [4.69, 9.17) is 16.3 Å². The molecule has 6 rings (SSSR count). The van der Waals surface area contributed by atoms with E-state index in [9.17, 15) is 17.6 Å². The van der Waals surface area contributed by atoms with Crippen LogP contribution in [0.5, 0.6) is 5.75 Å². The van der Waals surface area contributed by atoms with Crippen molar-refractivity contribution < 1.29 is 22.3 Å². The van der Waals surface area contributed by atoms with Gasteiger partial charge in [-0.15, -0.1) is 0 Å². The molecule has 3 aromatic rings. The number of aryl methyl sites for hydroxylation is 1. The molecule has 3 aromatic carbocycles. The second kappa shape index (κ2) is 12.5. The van der Waals surface area contributed by atoms with E-state index in [1.165, 1.54) is 17.7 Å². The number of benzene rings is 3. The third-order valence-electron chi connectivity index (χ3n) is 9.25. The van der Waals surface area contributed by atoms with Crippen LogP contribution in [0, 0.1) is 11.7 Å². The summed E-state index contributed by atoms with van der Waals surface area (Å²) in [5.41, 5.74) is 2.34. The second-order valence-electron chi connectivity index (χ2n) is 11.8. The third kappa shape index (κ3) is 6.12. The summed E-state index contributed by atoms with van der Waals surface area (Å²) < 4.78 is 48.5. The molecule has 2 unspecified atom stereocenters. The van der Waals surface area contributed by atoms with Gasteiger partial charge in [0.2, 0.25) is 10.0 Å². The number of halogens is 2. The summed E-state index contributed by atoms with van der Waals surface area (Å²) in [7, 11) is -2.09. The van der Waals surface area contributed by atoms with Crippen LogP contribution in [0.25, 0.3) is 0 Å². The topological polar surface area (TPSA) is 70.2 Å². The predicted molar refractivity (Wildman–Crippen MR) is 166 cm³/mol. The zero-order chi connectivity index (χ0) is 30.1. The van der Waals surface area contributed by atoms with Gasteiger partial charge in [-0.05, 0) is 86.4 Å². The van der Waals surface area contributed by atoms with Crippen LogP contribution >= 0.6 is 11.6 Å². The number of ether oxygens (including phenoxy) is 1. The highest BCUT2D eigenvalue weighted by atomic mass is 35.5. The Balaban J connectivity index is 1.15. The summed E-state index contributed by atoms with van der Waals surface area (Å²) >= 11 is 6.19. The molecule has 2 bridgehead atoms. The summed E-state index contributed by atoms with van der Waals surface area (Å²) in [5, 5.41) is 0.0968. The van der Waals surface area contributed by atoms with Crippen molar-refractivity contribution in [2.75, 3.05) is 38.2 Å². The zero-order valence-electron chi connectivity index (χ0n) is 24.3. The van der Waals surface area contributed by atoms with Crippen molar-refractivity contribution in [3.05, 3.63) is 88.7 Å². The van der Waals surface area contributed by atoms with E-state index in [1.54, 1.807) is 34.5 Å². The van der Waals surface area contributed by atoms with Crippen molar-refractivity contribution >= 4 is 33.2 Å². The first kappa shape index (κ1) is 29.9. The average Bonchev–Trinajstić information content (AvgIpc) is 3.28. The van der Waals surface area contributed by atoms with Crippen LogP contribution in [-0.2, 0) is 16.4 Å². The maximum Gasteiger partial charge on any atom is 0.255 e. The molecule has 228 valence electrons. The number of amides is 1. The molecule has 0 N–H and O–H groups in total. The van der Waals surface area contributed by atoms with Crippen molar-refractivity contribution in [3.63, 3.8) is 0 Å². The molecule has 3 fully saturated rings. The van der Waals surface area contributed by atoms with Crippen LogP contribution in [0.15, 0.2) is 71.6 Å². The summed E-state index contributed by atoms with van der Waals surface area (Å²) in [6.07, 6.45) is 5.51. The number of piperidine rings is 1. The highest BCUT2D eigenvalue weighted by molar-refractivity contribution is 7.89. The summed E-state index contributed by atoms with van der Waals surface area (Å²) in [6.45, 7) is 1.95. The molecule has 3 aliphatic heterocycles. The van der Waals surface area contributed by atoms with E-state index in [0.717, 1.165) is 50.3 Å². The monoisotopic (exact) mass is 625 g/mol. The van der Waals surface area contributed by atoms with E-state index < -0.39 is 15.8 Å². The lowest BCUT2D eigenvalue weighted by atomic mass is 9.91. The standard InChI is InChI=1S/C33H37ClFN3O4S/c1-42-32-14-12-28(43(40,41)37-17-15-24(16-18-37)8-7-23-5-3-2-4-6-23)20-31(32)38-26-10-11-27(38)22-36(21-26)33(39)29-13-9-25(35)19-30(29)34/h2-6,9,12-14,19-20,24,26-27H,7-8,10-11,15-18,21-22H2,1H3. The molecular weight excluding hydrogens is 589 g/mol. The Morgan fingerprint density at radius 1 is 0.953 bits per heavy atom. The molecule has 0 saturated carbocycles. The van der Waals surface area contributed by atoms with Gasteiger partial charge >= 0.3 is 0 Å². The number of fused-ring (bicyclic) bond motifs is 2. The first-order valence-electron chi connectivity index (χ1n) is 15.0. The Bertz CT molecular complexity index is 1570. The van der Waals surface area contributed by atoms with E-state index in [1.807, 2.05) is 6.07 Å².